The van der Waals surface area contributed by atoms with Gasteiger partial charge in [-0.3, -0.25) is 9.59 Å². The van der Waals surface area contributed by atoms with Gasteiger partial charge in [-0.05, 0) is 67.5 Å². The molecule has 1 heterocycles. The number of amides is 2. The van der Waals surface area contributed by atoms with Gasteiger partial charge in [-0.15, -0.1) is 0 Å². The topological polar surface area (TPSA) is 118 Å². The number of aliphatic hydroxyl groups excluding tert-OH is 2. The minimum Gasteiger partial charge on any atom is -0.482 e. The van der Waals surface area contributed by atoms with Crippen molar-refractivity contribution in [3.63, 3.8) is 0 Å². The van der Waals surface area contributed by atoms with E-state index >= 15 is 0 Å². The number of hydrogen-bond acceptors (Lipinski definition) is 7. The molecule has 10 heteroatoms. The van der Waals surface area contributed by atoms with E-state index in [1.165, 1.54) is 0 Å². The summed E-state index contributed by atoms with van der Waals surface area (Å²) < 4.78 is 18.2. The van der Waals surface area contributed by atoms with Crippen LogP contribution in [0.5, 0.6) is 5.75 Å². The lowest BCUT2D eigenvalue weighted by Crippen LogP contribution is -2.56. The van der Waals surface area contributed by atoms with E-state index in [0.717, 1.165) is 3.57 Å². The Hall–Kier alpha value is -1.73. The van der Waals surface area contributed by atoms with E-state index in [1.54, 1.807) is 17.0 Å². The summed E-state index contributed by atoms with van der Waals surface area (Å²) in [5.74, 6) is -0.139. The molecular weight excluding hydrogens is 579 g/mol. The number of para-hydroxylation sites is 1. The van der Waals surface area contributed by atoms with E-state index in [0.29, 0.717) is 50.5 Å². The first kappa shape index (κ1) is 28.8. The van der Waals surface area contributed by atoms with Crippen LogP contribution in [0, 0.1) is 9.49 Å². The molecule has 0 spiro atoms. The molecule has 3 rings (SSSR count). The molecule has 1 fully saturated rings. The van der Waals surface area contributed by atoms with Crippen molar-refractivity contribution in [2.24, 2.45) is 5.92 Å². The van der Waals surface area contributed by atoms with E-state index in [4.69, 9.17) is 19.3 Å². The van der Waals surface area contributed by atoms with Crippen LogP contribution in [0.3, 0.4) is 0 Å². The molecule has 0 saturated carbocycles. The molecule has 3 N–H and O–H groups in total. The number of nitrogens with one attached hydrogen (secondary N) is 1. The Balaban J connectivity index is 1.88. The highest BCUT2D eigenvalue weighted by Gasteiger charge is 2.42. The Morgan fingerprint density at radius 1 is 1.31 bits per heavy atom. The fourth-order valence-electron chi connectivity index (χ4n) is 4.42. The molecule has 1 aromatic carbocycles. The second-order valence-electron chi connectivity index (χ2n) is 9.31. The van der Waals surface area contributed by atoms with Gasteiger partial charge in [0.1, 0.15) is 18.0 Å². The van der Waals surface area contributed by atoms with Gasteiger partial charge in [0.05, 0.1) is 34.8 Å². The fraction of sp³-hybridized carbons (Fsp3) is 0.615. The van der Waals surface area contributed by atoms with Gasteiger partial charge in [-0.2, -0.15) is 0 Å². The summed E-state index contributed by atoms with van der Waals surface area (Å²) in [6, 6.07) is 6.77. The maximum atomic E-state index is 13.6. The Bertz CT molecular complexity index is 904. The van der Waals surface area contributed by atoms with Crippen molar-refractivity contribution in [1.82, 2.24) is 10.2 Å². The molecule has 200 valence electrons. The molecular formula is C26H37IN2O7. The van der Waals surface area contributed by atoms with E-state index in [9.17, 15) is 14.7 Å². The highest BCUT2D eigenvalue weighted by atomic mass is 127. The zero-order valence-corrected chi connectivity index (χ0v) is 23.1. The highest BCUT2D eigenvalue weighted by Crippen LogP contribution is 2.31. The molecule has 1 aromatic rings. The van der Waals surface area contributed by atoms with Crippen molar-refractivity contribution >= 4 is 34.4 Å². The van der Waals surface area contributed by atoms with Crippen LogP contribution < -0.4 is 10.1 Å². The molecule has 4 atom stereocenters. The van der Waals surface area contributed by atoms with Crippen LogP contribution in [0.4, 0.5) is 0 Å². The van der Waals surface area contributed by atoms with Crippen molar-refractivity contribution in [2.75, 3.05) is 39.5 Å². The number of ether oxygens (including phenoxy) is 3. The van der Waals surface area contributed by atoms with Crippen molar-refractivity contribution in [3.05, 3.63) is 39.5 Å². The molecule has 9 nitrogen and oxygen atoms in total. The number of aliphatic hydroxyl groups is 2. The smallest absolute Gasteiger partial charge is 0.247 e. The van der Waals surface area contributed by atoms with Gasteiger partial charge in [0.15, 0.2) is 0 Å². The molecule has 0 radical (unpaired) electrons. The van der Waals surface area contributed by atoms with E-state index < -0.39 is 18.2 Å². The Labute approximate surface area is 226 Å². The monoisotopic (exact) mass is 616 g/mol. The van der Waals surface area contributed by atoms with Crippen LogP contribution in [-0.2, 0) is 19.1 Å². The van der Waals surface area contributed by atoms with Crippen molar-refractivity contribution < 1.29 is 34.0 Å². The molecule has 1 aliphatic heterocycles. The minimum absolute atomic E-state index is 0.0773. The lowest BCUT2D eigenvalue weighted by molar-refractivity contribution is -0.143. The fourth-order valence-corrected chi connectivity index (χ4v) is 4.94. The van der Waals surface area contributed by atoms with Crippen LogP contribution >= 0.6 is 22.6 Å². The summed E-state index contributed by atoms with van der Waals surface area (Å²) in [5.41, 5.74) is 0.411. The van der Waals surface area contributed by atoms with Crippen LogP contribution in [0.1, 0.15) is 33.1 Å². The van der Waals surface area contributed by atoms with Crippen molar-refractivity contribution in [2.45, 2.75) is 57.5 Å². The lowest BCUT2D eigenvalue weighted by atomic mass is 9.87. The molecule has 1 aliphatic carbocycles. The van der Waals surface area contributed by atoms with Gasteiger partial charge >= 0.3 is 0 Å². The predicted octanol–water partition coefficient (Wildman–Crippen LogP) is 1.89. The molecule has 1 saturated heterocycles. The quantitative estimate of drug-likeness (QED) is 0.243. The average Bonchev–Trinajstić information content (AvgIpc) is 3.40. The zero-order chi connectivity index (χ0) is 26.1. The van der Waals surface area contributed by atoms with Crippen LogP contribution in [0.25, 0.3) is 0 Å². The number of halogens is 1. The Morgan fingerprint density at radius 3 is 2.75 bits per heavy atom. The molecule has 2 amide bonds. The number of benzene rings is 1. The maximum absolute atomic E-state index is 13.6. The lowest BCUT2D eigenvalue weighted by Gasteiger charge is -2.41. The third kappa shape index (κ3) is 7.88. The third-order valence-electron chi connectivity index (χ3n) is 6.27. The summed E-state index contributed by atoms with van der Waals surface area (Å²) >= 11 is 2.16. The van der Waals surface area contributed by atoms with Gasteiger partial charge in [-0.25, -0.2) is 0 Å². The van der Waals surface area contributed by atoms with Crippen LogP contribution in [0.2, 0.25) is 0 Å². The van der Waals surface area contributed by atoms with Gasteiger partial charge in [-0.1, -0.05) is 12.1 Å². The van der Waals surface area contributed by atoms with E-state index in [-0.39, 0.29) is 43.4 Å². The molecule has 36 heavy (non-hydrogen) atoms. The third-order valence-corrected chi connectivity index (χ3v) is 7.16. The first-order valence-corrected chi connectivity index (χ1v) is 13.6. The molecule has 1 unspecified atom stereocenters. The van der Waals surface area contributed by atoms with Gasteiger partial charge in [0.2, 0.25) is 11.8 Å². The number of carbonyl (C=O) groups is 2. The first-order valence-electron chi connectivity index (χ1n) is 12.5. The minimum atomic E-state index is -1.05. The van der Waals surface area contributed by atoms with Crippen molar-refractivity contribution in [3.8, 4) is 5.75 Å². The SMILES string of the molecule is CC(C)OCCCN(C(=O)C1CCOC1)[C@@H]1CC(C(=O)NCCO)=C[C@H](Oc2ccccc2I)[C@H]1O. The van der Waals surface area contributed by atoms with E-state index in [1.807, 2.05) is 32.0 Å². The molecule has 0 bridgehead atoms. The zero-order valence-electron chi connectivity index (χ0n) is 20.9. The largest absolute Gasteiger partial charge is 0.482 e. The predicted molar refractivity (Wildman–Crippen MR) is 143 cm³/mol. The van der Waals surface area contributed by atoms with Gasteiger partial charge < -0.3 is 34.6 Å². The van der Waals surface area contributed by atoms with Crippen LogP contribution in [0.15, 0.2) is 35.9 Å². The first-order chi connectivity index (χ1) is 17.3. The van der Waals surface area contributed by atoms with E-state index in [2.05, 4.69) is 27.9 Å². The second-order valence-corrected chi connectivity index (χ2v) is 10.5. The van der Waals surface area contributed by atoms with Crippen LogP contribution in [-0.4, -0.2) is 90.8 Å². The number of hydrogen-bond donors (Lipinski definition) is 3. The number of nitrogens with zero attached hydrogens (tertiary/aromatic N) is 1. The average molecular weight is 616 g/mol. The number of carbonyl (C=O) groups excluding carboxylic acids is 2. The summed E-state index contributed by atoms with van der Waals surface area (Å²) in [6.45, 7) is 5.58. The van der Waals surface area contributed by atoms with Gasteiger partial charge in [0.25, 0.3) is 0 Å². The Kier molecular flexibility index (Phi) is 11.4. The van der Waals surface area contributed by atoms with Gasteiger partial charge in [0, 0.05) is 38.3 Å². The molecule has 0 aromatic heterocycles. The Morgan fingerprint density at radius 2 is 2.08 bits per heavy atom. The van der Waals surface area contributed by atoms with Crippen molar-refractivity contribution in [1.29, 1.82) is 0 Å². The highest BCUT2D eigenvalue weighted by molar-refractivity contribution is 14.1. The standard InChI is InChI=1S/C26H37IN2O7/c1-17(2)35-12-5-10-29(26(33)18-8-13-34-16-18)21-14-19(25(32)28-9-11-30)15-23(24(21)31)36-22-7-4-3-6-20(22)27/h3-4,6-7,15,17-18,21,23-24,30-31H,5,8-14,16H2,1-2H3,(H,28,32)/t18?,21-,23+,24+/m1/s1. The summed E-state index contributed by atoms with van der Waals surface area (Å²) in [6.07, 6.45) is 1.22. The molecule has 2 aliphatic rings. The summed E-state index contributed by atoms with van der Waals surface area (Å²) in [5, 5.41) is 23.3. The number of rotatable bonds is 12. The summed E-state index contributed by atoms with van der Waals surface area (Å²) in [4.78, 5) is 28.2. The normalized spacial score (nSPS) is 23.9. The second kappa shape index (κ2) is 14.3. The summed E-state index contributed by atoms with van der Waals surface area (Å²) in [7, 11) is 0. The maximum Gasteiger partial charge on any atom is 0.247 e.